The van der Waals surface area contributed by atoms with Gasteiger partial charge in [-0.05, 0) is 12.1 Å². The quantitative estimate of drug-likeness (QED) is 0.613. The highest BCUT2D eigenvalue weighted by Gasteiger charge is 2.34. The molecule has 5 N–H and O–H groups in total. The van der Waals surface area contributed by atoms with Gasteiger partial charge in [0.15, 0.2) is 0 Å². The molecule has 0 unspecified atom stereocenters. The SMILES string of the molecule is CNc1c(N)cc(N)cc1C(F)(F)F. The second-order valence-electron chi connectivity index (χ2n) is 2.78. The van der Waals surface area contributed by atoms with E-state index < -0.39 is 11.7 Å². The highest BCUT2D eigenvalue weighted by atomic mass is 19.4. The molecule has 0 bridgehead atoms. The Morgan fingerprint density at radius 3 is 2.21 bits per heavy atom. The fourth-order valence-electron chi connectivity index (χ4n) is 1.19. The molecule has 1 aromatic carbocycles. The summed E-state index contributed by atoms with van der Waals surface area (Å²) in [6, 6.07) is 2.13. The van der Waals surface area contributed by atoms with Crippen LogP contribution in [0, 0.1) is 0 Å². The van der Waals surface area contributed by atoms with Gasteiger partial charge in [-0.1, -0.05) is 0 Å². The molecule has 78 valence electrons. The Hall–Kier alpha value is -1.59. The van der Waals surface area contributed by atoms with Crippen LogP contribution in [0.15, 0.2) is 12.1 Å². The molecule has 1 rings (SSSR count). The lowest BCUT2D eigenvalue weighted by Gasteiger charge is -2.15. The summed E-state index contributed by atoms with van der Waals surface area (Å²) >= 11 is 0. The average Bonchev–Trinajstić information content (AvgIpc) is 2.01. The van der Waals surface area contributed by atoms with Gasteiger partial charge in [-0.15, -0.1) is 0 Å². The molecule has 0 fully saturated rings. The molecule has 0 aliphatic carbocycles. The summed E-state index contributed by atoms with van der Waals surface area (Å²) < 4.78 is 37.3. The lowest BCUT2D eigenvalue weighted by molar-refractivity contribution is -0.136. The Bertz CT molecular complexity index is 346. The summed E-state index contributed by atoms with van der Waals surface area (Å²) in [7, 11) is 1.37. The number of nitrogens with two attached hydrogens (primary N) is 2. The van der Waals surface area contributed by atoms with Gasteiger partial charge in [-0.3, -0.25) is 0 Å². The number of benzene rings is 1. The van der Waals surface area contributed by atoms with Crippen LogP contribution in [0.3, 0.4) is 0 Å². The molecule has 0 saturated carbocycles. The largest absolute Gasteiger partial charge is 0.418 e. The maximum Gasteiger partial charge on any atom is 0.418 e. The van der Waals surface area contributed by atoms with Crippen LogP contribution in [-0.2, 0) is 6.18 Å². The Balaban J connectivity index is 3.40. The Morgan fingerprint density at radius 1 is 1.21 bits per heavy atom. The van der Waals surface area contributed by atoms with Crippen LogP contribution in [0.4, 0.5) is 30.2 Å². The lowest BCUT2D eigenvalue weighted by atomic mass is 10.1. The molecule has 0 amide bonds. The van der Waals surface area contributed by atoms with Crippen molar-refractivity contribution in [1.29, 1.82) is 0 Å². The molecule has 6 heteroatoms. The molecular formula is C8H10F3N3. The van der Waals surface area contributed by atoms with E-state index in [9.17, 15) is 13.2 Å². The molecular weight excluding hydrogens is 195 g/mol. The fraction of sp³-hybridized carbons (Fsp3) is 0.250. The summed E-state index contributed by atoms with van der Waals surface area (Å²) in [6.07, 6.45) is -4.46. The highest BCUT2D eigenvalue weighted by molar-refractivity contribution is 5.75. The third kappa shape index (κ3) is 1.84. The van der Waals surface area contributed by atoms with Gasteiger partial charge in [0, 0.05) is 12.7 Å². The van der Waals surface area contributed by atoms with E-state index in [4.69, 9.17) is 11.5 Å². The van der Waals surface area contributed by atoms with Crippen LogP contribution < -0.4 is 16.8 Å². The minimum absolute atomic E-state index is 0.00572. The predicted molar refractivity (Wildman–Crippen MR) is 49.8 cm³/mol. The molecule has 0 atom stereocenters. The van der Waals surface area contributed by atoms with Crippen molar-refractivity contribution in [2.24, 2.45) is 0 Å². The second kappa shape index (κ2) is 3.28. The third-order valence-corrected chi connectivity index (χ3v) is 1.75. The van der Waals surface area contributed by atoms with Crippen LogP contribution in [0.2, 0.25) is 0 Å². The number of rotatable bonds is 1. The first kappa shape index (κ1) is 10.5. The van der Waals surface area contributed by atoms with Crippen molar-refractivity contribution in [3.05, 3.63) is 17.7 Å². The van der Waals surface area contributed by atoms with Gasteiger partial charge >= 0.3 is 6.18 Å². The maximum absolute atomic E-state index is 12.4. The molecule has 3 nitrogen and oxygen atoms in total. The van der Waals surface area contributed by atoms with E-state index in [0.717, 1.165) is 6.07 Å². The molecule has 0 radical (unpaired) electrons. The van der Waals surface area contributed by atoms with Gasteiger partial charge in [0.2, 0.25) is 0 Å². The number of halogens is 3. The van der Waals surface area contributed by atoms with Crippen molar-refractivity contribution in [2.45, 2.75) is 6.18 Å². The monoisotopic (exact) mass is 205 g/mol. The third-order valence-electron chi connectivity index (χ3n) is 1.75. The molecule has 0 aliphatic heterocycles. The molecule has 0 heterocycles. The summed E-state index contributed by atoms with van der Waals surface area (Å²) in [5.74, 6) is 0. The van der Waals surface area contributed by atoms with Crippen LogP contribution in [0.5, 0.6) is 0 Å². The van der Waals surface area contributed by atoms with Gasteiger partial charge < -0.3 is 16.8 Å². The molecule has 0 spiro atoms. The van der Waals surface area contributed by atoms with Crippen molar-refractivity contribution < 1.29 is 13.2 Å². The van der Waals surface area contributed by atoms with E-state index in [1.54, 1.807) is 0 Å². The second-order valence-corrected chi connectivity index (χ2v) is 2.78. The summed E-state index contributed by atoms with van der Waals surface area (Å²) in [5.41, 5.74) is 9.64. The van der Waals surface area contributed by atoms with Crippen LogP contribution >= 0.6 is 0 Å². The molecule has 0 aliphatic rings. The fourth-order valence-corrected chi connectivity index (χ4v) is 1.19. The molecule has 14 heavy (non-hydrogen) atoms. The van der Waals surface area contributed by atoms with Crippen molar-refractivity contribution in [1.82, 2.24) is 0 Å². The van der Waals surface area contributed by atoms with Gasteiger partial charge in [0.25, 0.3) is 0 Å². The molecule has 0 aromatic heterocycles. The van der Waals surface area contributed by atoms with E-state index in [-0.39, 0.29) is 17.1 Å². The van der Waals surface area contributed by atoms with Crippen LogP contribution in [-0.4, -0.2) is 7.05 Å². The number of alkyl halides is 3. The van der Waals surface area contributed by atoms with Crippen molar-refractivity contribution in [2.75, 3.05) is 23.8 Å². The molecule has 0 saturated heterocycles. The van der Waals surface area contributed by atoms with E-state index in [2.05, 4.69) is 5.32 Å². The summed E-state index contributed by atoms with van der Waals surface area (Å²) in [4.78, 5) is 0. The van der Waals surface area contributed by atoms with Crippen molar-refractivity contribution >= 4 is 17.1 Å². The van der Waals surface area contributed by atoms with Crippen molar-refractivity contribution in [3.63, 3.8) is 0 Å². The van der Waals surface area contributed by atoms with E-state index in [1.807, 2.05) is 0 Å². The van der Waals surface area contributed by atoms with Gasteiger partial charge in [0.05, 0.1) is 16.9 Å². The zero-order chi connectivity index (χ0) is 10.9. The van der Waals surface area contributed by atoms with E-state index in [1.165, 1.54) is 13.1 Å². The zero-order valence-corrected chi connectivity index (χ0v) is 7.44. The molecule has 1 aromatic rings. The van der Waals surface area contributed by atoms with E-state index in [0.29, 0.717) is 0 Å². The Morgan fingerprint density at radius 2 is 1.79 bits per heavy atom. The summed E-state index contributed by atoms with van der Waals surface area (Å²) in [6.45, 7) is 0. The Labute approximate surface area is 78.9 Å². The standard InChI is InChI=1S/C8H10F3N3/c1-14-7-5(8(9,10)11)2-4(12)3-6(7)13/h2-3,14H,12-13H2,1H3. The predicted octanol–water partition coefficient (Wildman–Crippen LogP) is 1.91. The number of nitrogen functional groups attached to an aromatic ring is 2. The minimum atomic E-state index is -4.46. The number of anilines is 3. The smallest absolute Gasteiger partial charge is 0.399 e. The average molecular weight is 205 g/mol. The van der Waals surface area contributed by atoms with Crippen LogP contribution in [0.25, 0.3) is 0 Å². The number of hydrogen-bond donors (Lipinski definition) is 3. The topological polar surface area (TPSA) is 64.1 Å². The highest BCUT2D eigenvalue weighted by Crippen LogP contribution is 2.39. The maximum atomic E-state index is 12.4. The van der Waals surface area contributed by atoms with Crippen LogP contribution in [0.1, 0.15) is 5.56 Å². The Kier molecular flexibility index (Phi) is 2.46. The zero-order valence-electron chi connectivity index (χ0n) is 7.44. The van der Waals surface area contributed by atoms with E-state index >= 15 is 0 Å². The van der Waals surface area contributed by atoms with Crippen molar-refractivity contribution in [3.8, 4) is 0 Å². The lowest BCUT2D eigenvalue weighted by Crippen LogP contribution is -2.11. The summed E-state index contributed by atoms with van der Waals surface area (Å²) in [5, 5.41) is 2.40. The first-order chi connectivity index (χ1) is 6.36. The van der Waals surface area contributed by atoms with Gasteiger partial charge in [0.1, 0.15) is 0 Å². The minimum Gasteiger partial charge on any atom is -0.399 e. The normalized spacial score (nSPS) is 11.4. The first-order valence-electron chi connectivity index (χ1n) is 3.80. The van der Waals surface area contributed by atoms with Gasteiger partial charge in [-0.2, -0.15) is 13.2 Å². The first-order valence-corrected chi connectivity index (χ1v) is 3.80. The number of nitrogens with one attached hydrogen (secondary N) is 1. The number of hydrogen-bond acceptors (Lipinski definition) is 3. The van der Waals surface area contributed by atoms with Gasteiger partial charge in [-0.25, -0.2) is 0 Å².